The fourth-order valence-electron chi connectivity index (χ4n) is 2.06. The van der Waals surface area contributed by atoms with Crippen molar-refractivity contribution in [1.82, 2.24) is 4.90 Å². The molecule has 1 rings (SSSR count). The van der Waals surface area contributed by atoms with Crippen LogP contribution in [0.1, 0.15) is 39.5 Å². The average Bonchev–Trinajstić information content (AvgIpc) is 2.17. The van der Waals surface area contributed by atoms with Crippen molar-refractivity contribution in [3.8, 4) is 6.07 Å². The van der Waals surface area contributed by atoms with E-state index in [9.17, 15) is 0 Å². The smallest absolute Gasteiger partial charge is 0.0949 e. The van der Waals surface area contributed by atoms with E-state index in [1.54, 1.807) is 0 Å². The molecule has 0 amide bonds. The first-order chi connectivity index (χ1) is 6.15. The molecule has 0 N–H and O–H groups in total. The highest BCUT2D eigenvalue weighted by molar-refractivity contribution is 4.90. The molecular weight excluding hydrogens is 160 g/mol. The van der Waals surface area contributed by atoms with E-state index in [1.165, 1.54) is 25.7 Å². The number of nitriles is 1. The van der Waals surface area contributed by atoms with Gasteiger partial charge in [0.2, 0.25) is 0 Å². The van der Waals surface area contributed by atoms with Crippen LogP contribution in [0.25, 0.3) is 0 Å². The minimum absolute atomic E-state index is 0.0680. The average molecular weight is 180 g/mol. The Kier molecular flexibility index (Phi) is 3.74. The summed E-state index contributed by atoms with van der Waals surface area (Å²) in [6.07, 6.45) is 5.19. The molecule has 1 saturated carbocycles. The van der Waals surface area contributed by atoms with Gasteiger partial charge in [0.05, 0.1) is 12.1 Å². The Balaban J connectivity index is 2.40. The molecule has 0 aliphatic heterocycles. The van der Waals surface area contributed by atoms with Crippen LogP contribution in [0.2, 0.25) is 0 Å². The van der Waals surface area contributed by atoms with E-state index in [0.29, 0.717) is 6.04 Å². The monoisotopic (exact) mass is 180 g/mol. The highest BCUT2D eigenvalue weighted by Gasteiger charge is 2.24. The minimum atomic E-state index is 0.0680. The molecule has 1 atom stereocenters. The van der Waals surface area contributed by atoms with Crippen LogP contribution in [0.5, 0.6) is 0 Å². The van der Waals surface area contributed by atoms with Gasteiger partial charge >= 0.3 is 0 Å². The van der Waals surface area contributed by atoms with Crippen LogP contribution in [0.15, 0.2) is 0 Å². The molecule has 13 heavy (non-hydrogen) atoms. The summed E-state index contributed by atoms with van der Waals surface area (Å²) in [5.41, 5.74) is 0. The van der Waals surface area contributed by atoms with Gasteiger partial charge in [-0.3, -0.25) is 4.90 Å². The van der Waals surface area contributed by atoms with Gasteiger partial charge in [0.1, 0.15) is 0 Å². The van der Waals surface area contributed by atoms with Crippen molar-refractivity contribution in [3.05, 3.63) is 0 Å². The SMILES string of the molecule is CC1CCC(N(C)C(C)C#N)CC1. The maximum atomic E-state index is 8.80. The van der Waals surface area contributed by atoms with Crippen LogP contribution >= 0.6 is 0 Å². The quantitative estimate of drug-likeness (QED) is 0.652. The van der Waals surface area contributed by atoms with Crippen LogP contribution in [-0.4, -0.2) is 24.0 Å². The second-order valence-electron chi connectivity index (χ2n) is 4.38. The van der Waals surface area contributed by atoms with Gasteiger partial charge in [-0.15, -0.1) is 0 Å². The maximum Gasteiger partial charge on any atom is 0.0949 e. The molecule has 2 nitrogen and oxygen atoms in total. The van der Waals surface area contributed by atoms with Crippen molar-refractivity contribution in [2.75, 3.05) is 7.05 Å². The zero-order valence-electron chi connectivity index (χ0n) is 8.95. The Morgan fingerprint density at radius 3 is 2.31 bits per heavy atom. The summed E-state index contributed by atoms with van der Waals surface area (Å²) in [5, 5.41) is 8.80. The van der Waals surface area contributed by atoms with Crippen molar-refractivity contribution in [3.63, 3.8) is 0 Å². The summed E-state index contributed by atoms with van der Waals surface area (Å²) in [6.45, 7) is 4.31. The number of hydrogen-bond donors (Lipinski definition) is 0. The molecule has 74 valence electrons. The van der Waals surface area contributed by atoms with Crippen molar-refractivity contribution in [1.29, 1.82) is 5.26 Å². The lowest BCUT2D eigenvalue weighted by atomic mass is 9.86. The van der Waals surface area contributed by atoms with Crippen molar-refractivity contribution in [2.45, 2.75) is 51.6 Å². The molecule has 1 aliphatic rings. The van der Waals surface area contributed by atoms with Gasteiger partial charge in [0.15, 0.2) is 0 Å². The van der Waals surface area contributed by atoms with Gasteiger partial charge in [-0.25, -0.2) is 0 Å². The number of hydrogen-bond acceptors (Lipinski definition) is 2. The van der Waals surface area contributed by atoms with E-state index in [4.69, 9.17) is 5.26 Å². The second-order valence-corrected chi connectivity index (χ2v) is 4.38. The van der Waals surface area contributed by atoms with Gasteiger partial charge in [-0.05, 0) is 45.6 Å². The third-order valence-electron chi connectivity index (χ3n) is 3.36. The Morgan fingerprint density at radius 1 is 1.31 bits per heavy atom. The van der Waals surface area contributed by atoms with Crippen molar-refractivity contribution >= 4 is 0 Å². The molecule has 0 spiro atoms. The Morgan fingerprint density at radius 2 is 1.85 bits per heavy atom. The Hall–Kier alpha value is -0.550. The standard InChI is InChI=1S/C11H20N2/c1-9-4-6-11(7-5-9)13(3)10(2)8-12/h9-11H,4-7H2,1-3H3. The van der Waals surface area contributed by atoms with E-state index in [-0.39, 0.29) is 6.04 Å². The molecule has 0 aromatic heterocycles. The lowest BCUT2D eigenvalue weighted by Gasteiger charge is -2.34. The lowest BCUT2D eigenvalue weighted by molar-refractivity contribution is 0.153. The van der Waals surface area contributed by atoms with Gasteiger partial charge < -0.3 is 0 Å². The fourth-order valence-corrected chi connectivity index (χ4v) is 2.06. The Bertz CT molecular complexity index is 187. The summed E-state index contributed by atoms with van der Waals surface area (Å²) in [7, 11) is 2.08. The Labute approximate surface area is 81.5 Å². The normalized spacial score (nSPS) is 31.3. The second kappa shape index (κ2) is 4.62. The molecule has 0 radical (unpaired) electrons. The molecule has 0 heterocycles. The summed E-state index contributed by atoms with van der Waals surface area (Å²) in [5.74, 6) is 0.891. The fraction of sp³-hybridized carbons (Fsp3) is 0.909. The first kappa shape index (κ1) is 10.5. The third-order valence-corrected chi connectivity index (χ3v) is 3.36. The molecule has 0 aromatic rings. The van der Waals surface area contributed by atoms with Gasteiger partial charge in [0, 0.05) is 6.04 Å². The summed E-state index contributed by atoms with van der Waals surface area (Å²) < 4.78 is 0. The van der Waals surface area contributed by atoms with Gasteiger partial charge in [-0.1, -0.05) is 6.92 Å². The zero-order chi connectivity index (χ0) is 9.84. The molecule has 0 aromatic carbocycles. The van der Waals surface area contributed by atoms with Crippen molar-refractivity contribution in [2.24, 2.45) is 5.92 Å². The van der Waals surface area contributed by atoms with E-state index < -0.39 is 0 Å². The van der Waals surface area contributed by atoms with E-state index in [2.05, 4.69) is 24.9 Å². The predicted octanol–water partition coefficient (Wildman–Crippen LogP) is 2.41. The summed E-state index contributed by atoms with van der Waals surface area (Å²) in [4.78, 5) is 2.23. The summed E-state index contributed by atoms with van der Waals surface area (Å²) >= 11 is 0. The largest absolute Gasteiger partial charge is 0.288 e. The summed E-state index contributed by atoms with van der Waals surface area (Å²) in [6, 6.07) is 3.01. The van der Waals surface area contributed by atoms with E-state index >= 15 is 0 Å². The molecule has 1 unspecified atom stereocenters. The van der Waals surface area contributed by atoms with Gasteiger partial charge in [-0.2, -0.15) is 5.26 Å². The predicted molar refractivity (Wildman–Crippen MR) is 54.3 cm³/mol. The molecule has 0 saturated heterocycles. The first-order valence-electron chi connectivity index (χ1n) is 5.26. The van der Waals surface area contributed by atoms with Crippen LogP contribution in [-0.2, 0) is 0 Å². The van der Waals surface area contributed by atoms with E-state index in [0.717, 1.165) is 5.92 Å². The van der Waals surface area contributed by atoms with E-state index in [1.807, 2.05) is 6.92 Å². The lowest BCUT2D eigenvalue weighted by Crippen LogP contribution is -2.39. The third kappa shape index (κ3) is 2.70. The topological polar surface area (TPSA) is 27.0 Å². The van der Waals surface area contributed by atoms with Crippen LogP contribution in [0.4, 0.5) is 0 Å². The maximum absolute atomic E-state index is 8.80. The van der Waals surface area contributed by atoms with Crippen LogP contribution in [0.3, 0.4) is 0 Å². The first-order valence-corrected chi connectivity index (χ1v) is 5.26. The molecule has 0 bridgehead atoms. The molecule has 1 fully saturated rings. The zero-order valence-corrected chi connectivity index (χ0v) is 8.95. The van der Waals surface area contributed by atoms with Crippen LogP contribution < -0.4 is 0 Å². The number of rotatable bonds is 2. The molecule has 1 aliphatic carbocycles. The molecular formula is C11H20N2. The number of nitrogens with zero attached hydrogens (tertiary/aromatic N) is 2. The highest BCUT2D eigenvalue weighted by atomic mass is 15.2. The highest BCUT2D eigenvalue weighted by Crippen LogP contribution is 2.27. The molecule has 2 heteroatoms. The minimum Gasteiger partial charge on any atom is -0.288 e. The van der Waals surface area contributed by atoms with Crippen LogP contribution in [0, 0.1) is 17.2 Å². The van der Waals surface area contributed by atoms with Gasteiger partial charge in [0.25, 0.3) is 0 Å². The van der Waals surface area contributed by atoms with Crippen molar-refractivity contribution < 1.29 is 0 Å².